The van der Waals surface area contributed by atoms with Crippen molar-refractivity contribution in [3.05, 3.63) is 83.9 Å². The lowest BCUT2D eigenvalue weighted by Crippen LogP contribution is -2.26. The number of fused-ring (bicyclic) bond motifs is 3. The Morgan fingerprint density at radius 3 is 2.57 bits per heavy atom. The summed E-state index contributed by atoms with van der Waals surface area (Å²) in [6.07, 6.45) is 3.46. The number of rotatable bonds is 3. The van der Waals surface area contributed by atoms with Gasteiger partial charge in [-0.05, 0) is 47.0 Å². The lowest BCUT2D eigenvalue weighted by molar-refractivity contribution is 0.320. The van der Waals surface area contributed by atoms with E-state index in [1.54, 1.807) is 30.6 Å². The number of pyridine rings is 1. The summed E-state index contributed by atoms with van der Waals surface area (Å²) >= 11 is 0. The molecule has 1 aromatic heterocycles. The van der Waals surface area contributed by atoms with E-state index in [0.29, 0.717) is 30.1 Å². The van der Waals surface area contributed by atoms with E-state index < -0.39 is 15.1 Å². The zero-order chi connectivity index (χ0) is 19.3. The van der Waals surface area contributed by atoms with Crippen molar-refractivity contribution in [1.29, 1.82) is 0 Å². The molecule has 1 saturated heterocycles. The van der Waals surface area contributed by atoms with Crippen LogP contribution in [0.3, 0.4) is 0 Å². The van der Waals surface area contributed by atoms with Crippen molar-refractivity contribution in [1.82, 2.24) is 9.88 Å². The van der Waals surface area contributed by atoms with Gasteiger partial charge in [0, 0.05) is 43.5 Å². The van der Waals surface area contributed by atoms with Gasteiger partial charge in [-0.1, -0.05) is 24.3 Å². The van der Waals surface area contributed by atoms with Crippen LogP contribution in [0.4, 0.5) is 4.39 Å². The van der Waals surface area contributed by atoms with Gasteiger partial charge in [0.05, 0.1) is 10.1 Å². The predicted octanol–water partition coefficient (Wildman–Crippen LogP) is 3.64. The number of hydrogen-bond donors (Lipinski definition) is 0. The Labute approximate surface area is 163 Å². The monoisotopic (exact) mass is 394 g/mol. The Hall–Kier alpha value is -2.57. The highest BCUT2D eigenvalue weighted by atomic mass is 32.2. The van der Waals surface area contributed by atoms with Gasteiger partial charge in [-0.2, -0.15) is 0 Å². The fraction of sp³-hybridized carbons (Fsp3) is 0.227. The Balaban J connectivity index is 1.48. The molecule has 1 fully saturated rings. The lowest BCUT2D eigenvalue weighted by Gasteiger charge is -2.18. The van der Waals surface area contributed by atoms with Crippen molar-refractivity contribution < 1.29 is 12.8 Å². The minimum absolute atomic E-state index is 0.0754. The van der Waals surface area contributed by atoms with Crippen LogP contribution >= 0.6 is 0 Å². The molecule has 2 aliphatic heterocycles. The number of aromatic nitrogens is 1. The van der Waals surface area contributed by atoms with Crippen LogP contribution in [0.15, 0.2) is 71.9 Å². The van der Waals surface area contributed by atoms with Crippen LogP contribution in [0.2, 0.25) is 0 Å². The summed E-state index contributed by atoms with van der Waals surface area (Å²) in [4.78, 5) is 6.54. The van der Waals surface area contributed by atoms with Crippen LogP contribution in [0.25, 0.3) is 11.1 Å². The number of likely N-dealkylation sites (tertiary alicyclic amines) is 1. The van der Waals surface area contributed by atoms with Gasteiger partial charge in [-0.25, -0.2) is 12.8 Å². The fourth-order valence-corrected chi connectivity index (χ4v) is 6.64. The first-order valence-electron chi connectivity index (χ1n) is 9.28. The van der Waals surface area contributed by atoms with E-state index in [2.05, 4.69) is 4.98 Å². The van der Waals surface area contributed by atoms with Crippen LogP contribution in [0.1, 0.15) is 17.0 Å². The number of hydrogen-bond acceptors (Lipinski definition) is 4. The molecular formula is C22H19FN2O2S. The van der Waals surface area contributed by atoms with Gasteiger partial charge in [0.1, 0.15) is 5.82 Å². The fourth-order valence-electron chi connectivity index (χ4n) is 4.45. The van der Waals surface area contributed by atoms with E-state index in [4.69, 9.17) is 0 Å². The molecule has 0 unspecified atom stereocenters. The largest absolute Gasteiger partial charge is 0.297 e. The molecule has 0 N–H and O–H groups in total. The molecule has 3 heterocycles. The molecule has 0 bridgehead atoms. The third-order valence-electron chi connectivity index (χ3n) is 5.82. The van der Waals surface area contributed by atoms with Crippen LogP contribution in [-0.4, -0.2) is 36.6 Å². The van der Waals surface area contributed by atoms with Crippen molar-refractivity contribution in [2.24, 2.45) is 0 Å². The maximum absolute atomic E-state index is 14.0. The Morgan fingerprint density at radius 2 is 1.79 bits per heavy atom. The first-order chi connectivity index (χ1) is 13.5. The minimum atomic E-state index is -3.37. The highest BCUT2D eigenvalue weighted by Gasteiger charge is 2.50. The second-order valence-electron chi connectivity index (χ2n) is 7.46. The molecule has 0 aliphatic carbocycles. The summed E-state index contributed by atoms with van der Waals surface area (Å²) in [6.45, 7) is 1.47. The van der Waals surface area contributed by atoms with Crippen LogP contribution in [0, 0.1) is 5.82 Å². The highest BCUT2D eigenvalue weighted by molar-refractivity contribution is 7.92. The molecule has 2 atom stereocenters. The summed E-state index contributed by atoms with van der Waals surface area (Å²) < 4.78 is 40.2. The Bertz CT molecular complexity index is 1150. The molecule has 4 nitrogen and oxygen atoms in total. The van der Waals surface area contributed by atoms with E-state index in [-0.39, 0.29) is 11.7 Å². The van der Waals surface area contributed by atoms with Crippen LogP contribution < -0.4 is 0 Å². The van der Waals surface area contributed by atoms with Gasteiger partial charge < -0.3 is 0 Å². The summed E-state index contributed by atoms with van der Waals surface area (Å²) in [5, 5.41) is -0.457. The average molecular weight is 394 g/mol. The van der Waals surface area contributed by atoms with Crippen LogP contribution in [-0.2, 0) is 16.4 Å². The normalized spacial score (nSPS) is 22.8. The summed E-state index contributed by atoms with van der Waals surface area (Å²) in [5.41, 5.74) is 3.49. The molecule has 0 saturated carbocycles. The maximum Gasteiger partial charge on any atom is 0.183 e. The maximum atomic E-state index is 14.0. The third kappa shape index (κ3) is 2.75. The van der Waals surface area contributed by atoms with E-state index in [0.717, 1.165) is 16.7 Å². The topological polar surface area (TPSA) is 50.3 Å². The molecular weight excluding hydrogens is 375 g/mol. The van der Waals surface area contributed by atoms with Gasteiger partial charge >= 0.3 is 0 Å². The first kappa shape index (κ1) is 17.5. The second-order valence-corrected chi connectivity index (χ2v) is 9.60. The molecule has 2 aliphatic rings. The number of nitrogens with zero attached hydrogens (tertiary/aromatic N) is 2. The zero-order valence-corrected chi connectivity index (χ0v) is 15.9. The standard InChI is InChI=1S/C22H19FN2O2S/c23-20-4-2-1-3-17(20)12-25-13-19-18-11-16(15-7-9-24-10-8-15)5-6-21(18)28(26,27)22(19)14-25/h1-11,19,22H,12-14H2/t19-,22+/m1/s1. The lowest BCUT2D eigenvalue weighted by atomic mass is 9.95. The SMILES string of the molecule is O=S1(=O)c2ccc(-c3ccncc3)cc2[C@H]2CN(Cc3ccccc3F)C[C@@H]21. The van der Waals surface area contributed by atoms with Crippen LogP contribution in [0.5, 0.6) is 0 Å². The summed E-state index contributed by atoms with van der Waals surface area (Å²) in [6, 6.07) is 16.1. The minimum Gasteiger partial charge on any atom is -0.297 e. The first-order valence-corrected chi connectivity index (χ1v) is 10.8. The molecule has 0 amide bonds. The van der Waals surface area contributed by atoms with Gasteiger partial charge in [0.15, 0.2) is 9.84 Å². The average Bonchev–Trinajstić information content (AvgIpc) is 3.22. The number of benzene rings is 2. The van der Waals surface area contributed by atoms with Gasteiger partial charge in [0.2, 0.25) is 0 Å². The third-order valence-corrected chi connectivity index (χ3v) is 8.08. The Kier molecular flexibility index (Phi) is 4.07. The Morgan fingerprint density at radius 1 is 1.00 bits per heavy atom. The molecule has 0 radical (unpaired) electrons. The van der Waals surface area contributed by atoms with Crippen molar-refractivity contribution in [2.45, 2.75) is 22.6 Å². The van der Waals surface area contributed by atoms with Gasteiger partial charge in [0.25, 0.3) is 0 Å². The van der Waals surface area contributed by atoms with E-state index >= 15 is 0 Å². The van der Waals surface area contributed by atoms with Gasteiger partial charge in [-0.3, -0.25) is 9.88 Å². The van der Waals surface area contributed by atoms with Crippen molar-refractivity contribution in [3.63, 3.8) is 0 Å². The van der Waals surface area contributed by atoms with E-state index in [9.17, 15) is 12.8 Å². The molecule has 6 heteroatoms. The van der Waals surface area contributed by atoms with Crippen molar-refractivity contribution in [3.8, 4) is 11.1 Å². The molecule has 0 spiro atoms. The van der Waals surface area contributed by atoms with Crippen molar-refractivity contribution in [2.75, 3.05) is 13.1 Å². The molecule has 5 rings (SSSR count). The highest BCUT2D eigenvalue weighted by Crippen LogP contribution is 2.46. The quantitative estimate of drug-likeness (QED) is 0.681. The molecule has 3 aromatic rings. The van der Waals surface area contributed by atoms with Crippen molar-refractivity contribution >= 4 is 9.84 Å². The number of sulfone groups is 1. The molecule has 2 aromatic carbocycles. The van der Waals surface area contributed by atoms with Gasteiger partial charge in [-0.15, -0.1) is 0 Å². The van der Waals surface area contributed by atoms with E-state index in [1.165, 1.54) is 6.07 Å². The van der Waals surface area contributed by atoms with E-state index in [1.807, 2.05) is 35.2 Å². The summed E-state index contributed by atoms with van der Waals surface area (Å²) in [5.74, 6) is -0.323. The second kappa shape index (κ2) is 6.50. The molecule has 28 heavy (non-hydrogen) atoms. The zero-order valence-electron chi connectivity index (χ0n) is 15.1. The number of halogens is 1. The smallest absolute Gasteiger partial charge is 0.183 e. The summed E-state index contributed by atoms with van der Waals surface area (Å²) in [7, 11) is -3.37. The molecule has 142 valence electrons. The predicted molar refractivity (Wildman–Crippen MR) is 105 cm³/mol.